The molecule has 1 aromatic heterocycles. The number of rotatable bonds is 9. The van der Waals surface area contributed by atoms with Gasteiger partial charge in [-0.3, -0.25) is 4.79 Å². The van der Waals surface area contributed by atoms with Crippen LogP contribution in [0.4, 0.5) is 10.3 Å². The fourth-order valence-electron chi connectivity index (χ4n) is 3.87. The summed E-state index contributed by atoms with van der Waals surface area (Å²) in [6.45, 7) is 9.59. The molecule has 0 aliphatic carbocycles. The lowest BCUT2D eigenvalue weighted by Gasteiger charge is -2.32. The molecule has 7 heteroatoms. The van der Waals surface area contributed by atoms with Gasteiger partial charge >= 0.3 is 0 Å². The zero-order chi connectivity index (χ0) is 21.3. The average molecular weight is 414 g/mol. The molecule has 1 atom stereocenters. The molecule has 1 saturated heterocycles. The monoisotopic (exact) mass is 413 g/mol. The average Bonchev–Trinajstić information content (AvgIpc) is 2.79. The number of benzene rings is 1. The molecular weight excluding hydrogens is 381 g/mol. The number of carbonyl (C=O) groups is 1. The number of nitrogens with one attached hydrogen (secondary N) is 1. The van der Waals surface area contributed by atoms with E-state index >= 15 is 0 Å². The zero-order valence-electron chi connectivity index (χ0n) is 18.0. The van der Waals surface area contributed by atoms with Crippen LogP contribution >= 0.6 is 0 Å². The van der Waals surface area contributed by atoms with Gasteiger partial charge in [0.05, 0.1) is 5.92 Å². The molecule has 1 fully saturated rings. The van der Waals surface area contributed by atoms with E-state index in [9.17, 15) is 9.18 Å². The number of hydrogen-bond acceptors (Lipinski definition) is 5. The second-order valence-corrected chi connectivity index (χ2v) is 7.74. The Kier molecular flexibility index (Phi) is 8.13. The summed E-state index contributed by atoms with van der Waals surface area (Å²) in [6.07, 6.45) is 6.23. The van der Waals surface area contributed by atoms with E-state index in [1.165, 1.54) is 12.1 Å². The van der Waals surface area contributed by atoms with Gasteiger partial charge in [-0.25, -0.2) is 14.4 Å². The first kappa shape index (κ1) is 22.2. The standard InChI is InChI=1S/C23H32FN5O/c1-3-28(4-2)12-7-11-25-22(30)19-9-6-13-29(17-19)23-26-15-20(16-27-23)18-8-5-10-21(24)14-18/h5,8,10,14-16,19H,3-4,6-7,9,11-13,17H2,1-2H3,(H,25,30)/t19-/m0/s1. The summed E-state index contributed by atoms with van der Waals surface area (Å²) >= 11 is 0. The maximum absolute atomic E-state index is 13.4. The van der Waals surface area contributed by atoms with Gasteiger partial charge in [0.15, 0.2) is 0 Å². The molecule has 162 valence electrons. The molecule has 1 N–H and O–H groups in total. The Morgan fingerprint density at radius 3 is 2.70 bits per heavy atom. The van der Waals surface area contributed by atoms with Crippen LogP contribution < -0.4 is 10.2 Å². The van der Waals surface area contributed by atoms with E-state index in [0.29, 0.717) is 19.0 Å². The van der Waals surface area contributed by atoms with Crippen LogP contribution in [0.25, 0.3) is 11.1 Å². The predicted octanol–water partition coefficient (Wildman–Crippen LogP) is 3.35. The normalized spacial score (nSPS) is 16.7. The van der Waals surface area contributed by atoms with Crippen LogP contribution in [0.15, 0.2) is 36.7 Å². The lowest BCUT2D eigenvalue weighted by Crippen LogP contribution is -2.44. The maximum Gasteiger partial charge on any atom is 0.225 e. The molecule has 30 heavy (non-hydrogen) atoms. The van der Waals surface area contributed by atoms with Crippen LogP contribution in [0, 0.1) is 11.7 Å². The summed E-state index contributed by atoms with van der Waals surface area (Å²) in [5.41, 5.74) is 1.53. The van der Waals surface area contributed by atoms with Crippen molar-refractivity contribution in [2.45, 2.75) is 33.1 Å². The van der Waals surface area contributed by atoms with Gasteiger partial charge in [0, 0.05) is 37.6 Å². The molecule has 1 amide bonds. The van der Waals surface area contributed by atoms with Crippen molar-refractivity contribution in [3.05, 3.63) is 42.5 Å². The molecule has 0 radical (unpaired) electrons. The molecule has 2 heterocycles. The highest BCUT2D eigenvalue weighted by Crippen LogP contribution is 2.23. The Labute approximate surface area is 178 Å². The van der Waals surface area contributed by atoms with Crippen molar-refractivity contribution in [3.63, 3.8) is 0 Å². The summed E-state index contributed by atoms with van der Waals surface area (Å²) in [5.74, 6) is 0.419. The van der Waals surface area contributed by atoms with Crippen molar-refractivity contribution in [1.82, 2.24) is 20.2 Å². The van der Waals surface area contributed by atoms with Gasteiger partial charge in [-0.05, 0) is 56.6 Å². The van der Waals surface area contributed by atoms with Crippen LogP contribution in [0.2, 0.25) is 0 Å². The Hall–Kier alpha value is -2.54. The first-order valence-electron chi connectivity index (χ1n) is 10.9. The summed E-state index contributed by atoms with van der Waals surface area (Å²) in [6, 6.07) is 6.40. The SMILES string of the molecule is CCN(CC)CCCNC(=O)[C@H]1CCCN(c2ncc(-c3cccc(F)c3)cn2)C1. The van der Waals surface area contributed by atoms with Crippen LogP contribution in [-0.4, -0.2) is 60.0 Å². The highest BCUT2D eigenvalue weighted by molar-refractivity contribution is 5.79. The van der Waals surface area contributed by atoms with Gasteiger partial charge in [0.1, 0.15) is 5.82 Å². The Bertz CT molecular complexity index is 809. The van der Waals surface area contributed by atoms with E-state index in [-0.39, 0.29) is 17.6 Å². The maximum atomic E-state index is 13.4. The fourth-order valence-corrected chi connectivity index (χ4v) is 3.87. The molecule has 2 aromatic rings. The highest BCUT2D eigenvalue weighted by Gasteiger charge is 2.27. The van der Waals surface area contributed by atoms with Gasteiger partial charge in [0.25, 0.3) is 0 Å². The quantitative estimate of drug-likeness (QED) is 0.639. The fraction of sp³-hybridized carbons (Fsp3) is 0.522. The minimum Gasteiger partial charge on any atom is -0.356 e. The van der Waals surface area contributed by atoms with Crippen LogP contribution in [0.3, 0.4) is 0 Å². The van der Waals surface area contributed by atoms with Crippen molar-refractivity contribution < 1.29 is 9.18 Å². The molecule has 1 aliphatic rings. The molecule has 1 aliphatic heterocycles. The van der Waals surface area contributed by atoms with E-state index in [1.54, 1.807) is 18.5 Å². The van der Waals surface area contributed by atoms with E-state index in [0.717, 1.165) is 56.6 Å². The predicted molar refractivity (Wildman–Crippen MR) is 118 cm³/mol. The topological polar surface area (TPSA) is 61.4 Å². The Balaban J connectivity index is 1.52. The third kappa shape index (κ3) is 5.98. The second kappa shape index (κ2) is 11.0. The molecule has 3 rings (SSSR count). The minimum atomic E-state index is -0.279. The number of halogens is 1. The van der Waals surface area contributed by atoms with Crippen LogP contribution in [0.5, 0.6) is 0 Å². The smallest absolute Gasteiger partial charge is 0.225 e. The number of amides is 1. The summed E-state index contributed by atoms with van der Waals surface area (Å²) < 4.78 is 13.4. The van der Waals surface area contributed by atoms with Gasteiger partial charge in [-0.1, -0.05) is 26.0 Å². The number of piperidine rings is 1. The van der Waals surface area contributed by atoms with Gasteiger partial charge in [-0.15, -0.1) is 0 Å². The summed E-state index contributed by atoms with van der Waals surface area (Å²) in [5, 5.41) is 3.10. The minimum absolute atomic E-state index is 0.0429. The van der Waals surface area contributed by atoms with E-state index in [1.807, 2.05) is 6.07 Å². The van der Waals surface area contributed by atoms with E-state index in [2.05, 4.69) is 38.9 Å². The van der Waals surface area contributed by atoms with Crippen LogP contribution in [-0.2, 0) is 4.79 Å². The molecule has 0 bridgehead atoms. The Morgan fingerprint density at radius 1 is 1.23 bits per heavy atom. The van der Waals surface area contributed by atoms with Gasteiger partial charge < -0.3 is 15.1 Å². The molecule has 0 unspecified atom stereocenters. The second-order valence-electron chi connectivity index (χ2n) is 7.74. The van der Waals surface area contributed by atoms with Crippen molar-refractivity contribution in [3.8, 4) is 11.1 Å². The number of anilines is 1. The van der Waals surface area contributed by atoms with Crippen LogP contribution in [0.1, 0.15) is 33.1 Å². The van der Waals surface area contributed by atoms with Gasteiger partial charge in [-0.2, -0.15) is 0 Å². The number of hydrogen-bond donors (Lipinski definition) is 1. The molecule has 0 spiro atoms. The lowest BCUT2D eigenvalue weighted by molar-refractivity contribution is -0.125. The lowest BCUT2D eigenvalue weighted by atomic mass is 9.97. The number of carbonyl (C=O) groups excluding carboxylic acids is 1. The third-order valence-corrected chi connectivity index (χ3v) is 5.72. The van der Waals surface area contributed by atoms with E-state index in [4.69, 9.17) is 0 Å². The largest absolute Gasteiger partial charge is 0.356 e. The first-order chi connectivity index (χ1) is 14.6. The summed E-state index contributed by atoms with van der Waals surface area (Å²) in [7, 11) is 0. The molecule has 0 saturated carbocycles. The zero-order valence-corrected chi connectivity index (χ0v) is 18.0. The number of aromatic nitrogens is 2. The van der Waals surface area contributed by atoms with Crippen molar-refractivity contribution in [2.75, 3.05) is 44.2 Å². The summed E-state index contributed by atoms with van der Waals surface area (Å²) in [4.78, 5) is 26.0. The van der Waals surface area contributed by atoms with Crippen molar-refractivity contribution in [2.24, 2.45) is 5.92 Å². The van der Waals surface area contributed by atoms with E-state index < -0.39 is 0 Å². The van der Waals surface area contributed by atoms with Crippen molar-refractivity contribution >= 4 is 11.9 Å². The van der Waals surface area contributed by atoms with Crippen molar-refractivity contribution in [1.29, 1.82) is 0 Å². The highest BCUT2D eigenvalue weighted by atomic mass is 19.1. The Morgan fingerprint density at radius 2 is 2.00 bits per heavy atom. The molecular formula is C23H32FN5O. The molecule has 6 nitrogen and oxygen atoms in total. The molecule has 1 aromatic carbocycles. The first-order valence-corrected chi connectivity index (χ1v) is 10.9. The third-order valence-electron chi connectivity index (χ3n) is 5.72. The van der Waals surface area contributed by atoms with Gasteiger partial charge in [0.2, 0.25) is 11.9 Å². The number of nitrogens with zero attached hydrogens (tertiary/aromatic N) is 4.